The van der Waals surface area contributed by atoms with Gasteiger partial charge < -0.3 is 4.90 Å². The Morgan fingerprint density at radius 3 is 1.07 bits per heavy atom. The molecule has 0 amide bonds. The van der Waals surface area contributed by atoms with Gasteiger partial charge in [-0.15, -0.1) is 0 Å². The van der Waals surface area contributed by atoms with E-state index in [4.69, 9.17) is 0 Å². The Kier molecular flexibility index (Phi) is 9.15. The molecule has 0 aliphatic carbocycles. The van der Waals surface area contributed by atoms with Crippen LogP contribution >= 0.6 is 0 Å². The summed E-state index contributed by atoms with van der Waals surface area (Å²) in [6, 6.07) is 47.8. The van der Waals surface area contributed by atoms with Crippen LogP contribution < -0.4 is 4.90 Å². The minimum atomic E-state index is -2.63. The maximum Gasteiger partial charge on any atom is 0.200 e. The molecule has 10 heteroatoms. The molecule has 0 N–H and O–H groups in total. The van der Waals surface area contributed by atoms with Gasteiger partial charge in [-0.05, 0) is 68.8 Å². The van der Waals surface area contributed by atoms with Crippen molar-refractivity contribution in [3.8, 4) is 33.4 Å². The zero-order valence-electron chi connectivity index (χ0n) is 30.4. The molecule has 59 heavy (non-hydrogen) atoms. The Morgan fingerprint density at radius 1 is 0.305 bits per heavy atom. The van der Waals surface area contributed by atoms with Gasteiger partial charge in [0.05, 0.1) is 27.9 Å². The van der Waals surface area contributed by atoms with Gasteiger partial charge in [0.25, 0.3) is 0 Å². The molecule has 0 unspecified atom stereocenters. The Morgan fingerprint density at radius 2 is 0.644 bits per heavy atom. The summed E-state index contributed by atoms with van der Waals surface area (Å²) in [5, 5.41) is 0. The summed E-state index contributed by atoms with van der Waals surface area (Å²) in [6.07, 6.45) is 0. The molecule has 1 aliphatic heterocycles. The van der Waals surface area contributed by atoms with E-state index in [-0.39, 0.29) is 11.4 Å². The second-order valence-electron chi connectivity index (χ2n) is 13.9. The fourth-order valence-electron chi connectivity index (χ4n) is 8.26. The highest BCUT2D eigenvalue weighted by Crippen LogP contribution is 2.59. The molecular formula is C49H26F9N. The van der Waals surface area contributed by atoms with E-state index in [1.807, 2.05) is 109 Å². The van der Waals surface area contributed by atoms with Crippen molar-refractivity contribution in [1.29, 1.82) is 0 Å². The number of anilines is 3. The van der Waals surface area contributed by atoms with E-state index < -0.39 is 74.6 Å². The van der Waals surface area contributed by atoms with Crippen molar-refractivity contribution < 1.29 is 39.5 Å². The molecule has 8 aromatic rings. The Labute approximate surface area is 331 Å². The smallest absolute Gasteiger partial charge is 0.200 e. The quantitative estimate of drug-likeness (QED) is 0.0920. The van der Waals surface area contributed by atoms with Crippen LogP contribution in [0.3, 0.4) is 0 Å². The van der Waals surface area contributed by atoms with Gasteiger partial charge in [0, 0.05) is 0 Å². The van der Waals surface area contributed by atoms with Crippen LogP contribution in [0.5, 0.6) is 0 Å². The zero-order valence-corrected chi connectivity index (χ0v) is 30.4. The van der Waals surface area contributed by atoms with Crippen molar-refractivity contribution in [1.82, 2.24) is 0 Å². The highest BCUT2D eigenvalue weighted by molar-refractivity contribution is 5.91. The zero-order chi connectivity index (χ0) is 41.2. The predicted octanol–water partition coefficient (Wildman–Crippen LogP) is 14.1. The molecule has 1 nitrogen and oxygen atoms in total. The highest BCUT2D eigenvalue weighted by Gasteiger charge is 2.48. The summed E-state index contributed by atoms with van der Waals surface area (Å²) in [4.78, 5) is 0.962. The standard InChI is InChI=1S/C49H26F9N/c50-39-37(40(51)44(55)45(56)43(39)54)38-41(52)46(57)48(47(58)42(38)53)59-35-23-9-7-21-33(35)49(34-22-8-10-24-36(34)59,31-19-11-17-29(25-31)27-13-3-1-4-14-27)32-20-12-18-30(26-32)28-15-5-2-6-16-28/h1-26H. The number of hydrogen-bond acceptors (Lipinski definition) is 1. The number of nitrogens with zero attached hydrogens (tertiary/aromatic N) is 1. The summed E-state index contributed by atoms with van der Waals surface area (Å²) in [5.41, 5.74) is -0.887. The molecule has 0 aromatic heterocycles. The van der Waals surface area contributed by atoms with Crippen LogP contribution in [-0.2, 0) is 5.41 Å². The Balaban J connectivity index is 1.36. The lowest BCUT2D eigenvalue weighted by molar-refractivity contribution is 0.379. The summed E-state index contributed by atoms with van der Waals surface area (Å²) in [5.74, 6) is -22.1. The van der Waals surface area contributed by atoms with Crippen molar-refractivity contribution in [3.05, 3.63) is 232 Å². The summed E-state index contributed by atoms with van der Waals surface area (Å²) in [7, 11) is 0. The molecule has 1 heterocycles. The second kappa shape index (κ2) is 14.4. The van der Waals surface area contributed by atoms with Gasteiger partial charge in [-0.1, -0.05) is 133 Å². The van der Waals surface area contributed by atoms with Crippen LogP contribution in [0, 0.1) is 52.4 Å². The third-order valence-electron chi connectivity index (χ3n) is 10.8. The lowest BCUT2D eigenvalue weighted by Crippen LogP contribution is -2.38. The van der Waals surface area contributed by atoms with Crippen molar-refractivity contribution in [2.45, 2.75) is 5.41 Å². The summed E-state index contributed by atoms with van der Waals surface area (Å²) >= 11 is 0. The third-order valence-corrected chi connectivity index (χ3v) is 10.8. The molecule has 1 aliphatic rings. The van der Waals surface area contributed by atoms with Crippen molar-refractivity contribution in [2.75, 3.05) is 4.90 Å². The third kappa shape index (κ3) is 5.65. The van der Waals surface area contributed by atoms with Gasteiger partial charge >= 0.3 is 0 Å². The van der Waals surface area contributed by atoms with E-state index in [1.54, 1.807) is 36.4 Å². The predicted molar refractivity (Wildman–Crippen MR) is 209 cm³/mol. The van der Waals surface area contributed by atoms with Crippen molar-refractivity contribution in [3.63, 3.8) is 0 Å². The monoisotopic (exact) mass is 799 g/mol. The average molecular weight is 800 g/mol. The molecule has 0 fully saturated rings. The van der Waals surface area contributed by atoms with Gasteiger partial charge in [0.2, 0.25) is 5.82 Å². The van der Waals surface area contributed by atoms with E-state index in [1.165, 1.54) is 12.1 Å². The molecule has 0 saturated heterocycles. The van der Waals surface area contributed by atoms with Gasteiger partial charge in [-0.2, -0.15) is 0 Å². The minimum absolute atomic E-state index is 0.0713. The molecular weight excluding hydrogens is 774 g/mol. The highest BCUT2D eigenvalue weighted by atomic mass is 19.2. The maximum atomic E-state index is 16.7. The van der Waals surface area contributed by atoms with Gasteiger partial charge in [0.15, 0.2) is 46.5 Å². The molecule has 0 bridgehead atoms. The summed E-state index contributed by atoms with van der Waals surface area (Å²) < 4.78 is 138. The lowest BCUT2D eigenvalue weighted by atomic mass is 9.62. The molecule has 0 spiro atoms. The minimum Gasteiger partial charge on any atom is -0.304 e. The molecule has 9 rings (SSSR count). The first-order chi connectivity index (χ1) is 28.5. The van der Waals surface area contributed by atoms with Crippen LogP contribution in [0.4, 0.5) is 56.6 Å². The largest absolute Gasteiger partial charge is 0.304 e. The van der Waals surface area contributed by atoms with E-state index in [0.717, 1.165) is 38.3 Å². The first kappa shape index (κ1) is 37.5. The number of hydrogen-bond donors (Lipinski definition) is 0. The molecule has 8 aromatic carbocycles. The normalized spacial score (nSPS) is 12.9. The Hall–Kier alpha value is -7.07. The second-order valence-corrected chi connectivity index (χ2v) is 13.9. The number of para-hydroxylation sites is 2. The fourth-order valence-corrected chi connectivity index (χ4v) is 8.26. The number of fused-ring (bicyclic) bond motifs is 2. The summed E-state index contributed by atoms with van der Waals surface area (Å²) in [6.45, 7) is 0. The van der Waals surface area contributed by atoms with Crippen molar-refractivity contribution >= 4 is 17.1 Å². The van der Waals surface area contributed by atoms with E-state index in [9.17, 15) is 22.0 Å². The van der Waals surface area contributed by atoms with E-state index in [2.05, 4.69) is 0 Å². The fraction of sp³-hybridized carbons (Fsp3) is 0.0204. The maximum absolute atomic E-state index is 16.7. The van der Waals surface area contributed by atoms with Crippen LogP contribution in [0.1, 0.15) is 22.3 Å². The molecule has 0 radical (unpaired) electrons. The van der Waals surface area contributed by atoms with E-state index in [0.29, 0.717) is 11.1 Å². The van der Waals surface area contributed by atoms with Crippen LogP contribution in [0.25, 0.3) is 33.4 Å². The van der Waals surface area contributed by atoms with Crippen LogP contribution in [0.15, 0.2) is 158 Å². The number of rotatable bonds is 6. The van der Waals surface area contributed by atoms with Gasteiger partial charge in [-0.25, -0.2) is 39.5 Å². The topological polar surface area (TPSA) is 3.24 Å². The average Bonchev–Trinajstić information content (AvgIpc) is 3.28. The van der Waals surface area contributed by atoms with Crippen LogP contribution in [0.2, 0.25) is 0 Å². The van der Waals surface area contributed by atoms with Gasteiger partial charge in [0.1, 0.15) is 5.69 Å². The SMILES string of the molecule is Fc1c(F)c(F)c(-c2c(F)c(F)c(N3c4ccccc4C(c4cccc(-c5ccccc5)c4)(c4cccc(-c5ccccc5)c4)c4ccccc43)c(F)c2F)c(F)c1F. The van der Waals surface area contributed by atoms with Gasteiger partial charge in [-0.3, -0.25) is 0 Å². The first-order valence-electron chi connectivity index (χ1n) is 18.2. The Bertz CT molecular complexity index is 2760. The number of halogens is 9. The number of benzene rings is 8. The molecule has 290 valence electrons. The van der Waals surface area contributed by atoms with Crippen molar-refractivity contribution in [2.24, 2.45) is 0 Å². The lowest BCUT2D eigenvalue weighted by Gasteiger charge is -2.46. The van der Waals surface area contributed by atoms with E-state index >= 15 is 17.6 Å². The molecule has 0 saturated carbocycles. The molecule has 0 atom stereocenters. The first-order valence-corrected chi connectivity index (χ1v) is 18.2. The van der Waals surface area contributed by atoms with Crippen LogP contribution in [-0.4, -0.2) is 0 Å².